The van der Waals surface area contributed by atoms with Crippen LogP contribution in [0, 0.1) is 23.2 Å². The summed E-state index contributed by atoms with van der Waals surface area (Å²) in [6.45, 7) is 0.711. The first kappa shape index (κ1) is 8.02. The van der Waals surface area contributed by atoms with Gasteiger partial charge in [-0.3, -0.25) is 4.79 Å². The standard InChI is InChI=1S/C7H9NO3/c8-3-5-4-11-2-1-6(5)7(9)10/h5-6H,1-2,4H2,(H,9,10)/t5-,6+/m0/s1. The van der Waals surface area contributed by atoms with Crippen molar-refractivity contribution in [1.82, 2.24) is 0 Å². The Balaban J connectivity index is 2.60. The molecule has 0 bridgehead atoms. The predicted molar refractivity (Wildman–Crippen MR) is 35.7 cm³/mol. The van der Waals surface area contributed by atoms with Crippen LogP contribution >= 0.6 is 0 Å². The number of aliphatic carboxylic acids is 1. The first-order chi connectivity index (χ1) is 5.25. The second kappa shape index (κ2) is 3.35. The lowest BCUT2D eigenvalue weighted by Gasteiger charge is -2.22. The van der Waals surface area contributed by atoms with Crippen molar-refractivity contribution in [2.24, 2.45) is 11.8 Å². The fourth-order valence-corrected chi connectivity index (χ4v) is 1.16. The second-order valence-corrected chi connectivity index (χ2v) is 2.54. The number of nitriles is 1. The Morgan fingerprint density at radius 2 is 2.45 bits per heavy atom. The lowest BCUT2D eigenvalue weighted by molar-refractivity contribution is -0.146. The van der Waals surface area contributed by atoms with E-state index in [4.69, 9.17) is 15.1 Å². The first-order valence-corrected chi connectivity index (χ1v) is 3.46. The SMILES string of the molecule is N#C[C@H]1COCC[C@H]1C(=O)O. The van der Waals surface area contributed by atoms with Crippen molar-refractivity contribution in [1.29, 1.82) is 5.26 Å². The van der Waals surface area contributed by atoms with Crippen molar-refractivity contribution < 1.29 is 14.6 Å². The molecule has 11 heavy (non-hydrogen) atoms. The lowest BCUT2D eigenvalue weighted by atomic mass is 9.90. The number of carboxylic acids is 1. The van der Waals surface area contributed by atoms with Crippen LogP contribution in [-0.4, -0.2) is 24.3 Å². The van der Waals surface area contributed by atoms with Gasteiger partial charge >= 0.3 is 5.97 Å². The summed E-state index contributed by atoms with van der Waals surface area (Å²) in [5.41, 5.74) is 0. The minimum atomic E-state index is -0.889. The summed E-state index contributed by atoms with van der Waals surface area (Å²) in [6.07, 6.45) is 0.452. The van der Waals surface area contributed by atoms with E-state index >= 15 is 0 Å². The van der Waals surface area contributed by atoms with Crippen molar-refractivity contribution >= 4 is 5.97 Å². The summed E-state index contributed by atoms with van der Waals surface area (Å²) < 4.78 is 4.97. The molecule has 0 spiro atoms. The van der Waals surface area contributed by atoms with E-state index in [2.05, 4.69) is 0 Å². The van der Waals surface area contributed by atoms with Gasteiger partial charge in [-0.15, -0.1) is 0 Å². The Morgan fingerprint density at radius 1 is 1.73 bits per heavy atom. The van der Waals surface area contributed by atoms with Gasteiger partial charge in [-0.1, -0.05) is 0 Å². The lowest BCUT2D eigenvalue weighted by Crippen LogP contribution is -2.31. The monoisotopic (exact) mass is 155 g/mol. The summed E-state index contributed by atoms with van der Waals surface area (Å²) >= 11 is 0. The highest BCUT2D eigenvalue weighted by atomic mass is 16.5. The van der Waals surface area contributed by atoms with Crippen molar-refractivity contribution in [3.8, 4) is 6.07 Å². The molecule has 0 saturated carbocycles. The van der Waals surface area contributed by atoms with Crippen LogP contribution in [0.15, 0.2) is 0 Å². The second-order valence-electron chi connectivity index (χ2n) is 2.54. The van der Waals surface area contributed by atoms with Gasteiger partial charge in [0.1, 0.15) is 0 Å². The van der Waals surface area contributed by atoms with Gasteiger partial charge in [0.15, 0.2) is 0 Å². The summed E-state index contributed by atoms with van der Waals surface area (Å²) in [5.74, 6) is -1.89. The van der Waals surface area contributed by atoms with Crippen LogP contribution < -0.4 is 0 Å². The van der Waals surface area contributed by atoms with E-state index in [1.54, 1.807) is 0 Å². The van der Waals surface area contributed by atoms with E-state index in [0.717, 1.165) is 0 Å². The number of rotatable bonds is 1. The van der Waals surface area contributed by atoms with Gasteiger partial charge in [-0.25, -0.2) is 0 Å². The summed E-state index contributed by atoms with van der Waals surface area (Å²) in [7, 11) is 0. The van der Waals surface area contributed by atoms with E-state index < -0.39 is 17.8 Å². The molecule has 60 valence electrons. The molecule has 4 heteroatoms. The van der Waals surface area contributed by atoms with Gasteiger partial charge in [0.25, 0.3) is 0 Å². The minimum Gasteiger partial charge on any atom is -0.481 e. The zero-order valence-electron chi connectivity index (χ0n) is 5.99. The fourth-order valence-electron chi connectivity index (χ4n) is 1.16. The Bertz CT molecular complexity index is 196. The smallest absolute Gasteiger partial charge is 0.308 e. The van der Waals surface area contributed by atoms with Crippen molar-refractivity contribution in [2.45, 2.75) is 6.42 Å². The Kier molecular flexibility index (Phi) is 2.44. The van der Waals surface area contributed by atoms with Gasteiger partial charge in [0.2, 0.25) is 0 Å². The molecule has 1 aliphatic rings. The average molecular weight is 155 g/mol. The molecule has 0 aliphatic carbocycles. The number of carboxylic acid groups (broad SMARTS) is 1. The van der Waals surface area contributed by atoms with E-state index in [-0.39, 0.29) is 6.61 Å². The van der Waals surface area contributed by atoms with Crippen molar-refractivity contribution in [3.63, 3.8) is 0 Å². The molecule has 1 aliphatic heterocycles. The van der Waals surface area contributed by atoms with E-state index in [1.165, 1.54) is 0 Å². The third-order valence-corrected chi connectivity index (χ3v) is 1.84. The van der Waals surface area contributed by atoms with Crippen LogP contribution in [0.5, 0.6) is 0 Å². The van der Waals surface area contributed by atoms with Gasteiger partial charge in [-0.2, -0.15) is 5.26 Å². The van der Waals surface area contributed by atoms with Crippen LogP contribution in [0.25, 0.3) is 0 Å². The maximum atomic E-state index is 10.5. The molecular formula is C7H9NO3. The number of hydrogen-bond acceptors (Lipinski definition) is 3. The normalized spacial score (nSPS) is 30.8. The molecule has 0 unspecified atom stereocenters. The Morgan fingerprint density at radius 3 is 2.91 bits per heavy atom. The molecular weight excluding hydrogens is 146 g/mol. The number of carbonyl (C=O) groups is 1. The van der Waals surface area contributed by atoms with Crippen LogP contribution in [0.2, 0.25) is 0 Å². The molecule has 4 nitrogen and oxygen atoms in total. The third-order valence-electron chi connectivity index (χ3n) is 1.84. The molecule has 2 atom stereocenters. The molecule has 0 aromatic carbocycles. The molecule has 1 rings (SSSR count). The maximum Gasteiger partial charge on any atom is 0.308 e. The Labute approximate surface area is 64.4 Å². The fraction of sp³-hybridized carbons (Fsp3) is 0.714. The number of hydrogen-bond donors (Lipinski definition) is 1. The third kappa shape index (κ3) is 1.69. The molecule has 0 aromatic rings. The van der Waals surface area contributed by atoms with Crippen LogP contribution in [0.3, 0.4) is 0 Å². The quantitative estimate of drug-likeness (QED) is 0.589. The van der Waals surface area contributed by atoms with Crippen LogP contribution in [0.4, 0.5) is 0 Å². The van der Waals surface area contributed by atoms with Gasteiger partial charge < -0.3 is 9.84 Å². The summed E-state index contributed by atoms with van der Waals surface area (Å²) in [6, 6.07) is 1.93. The summed E-state index contributed by atoms with van der Waals surface area (Å²) in [5, 5.41) is 17.2. The molecule has 0 aromatic heterocycles. The van der Waals surface area contributed by atoms with Crippen molar-refractivity contribution in [3.05, 3.63) is 0 Å². The van der Waals surface area contributed by atoms with Crippen LogP contribution in [-0.2, 0) is 9.53 Å². The zero-order valence-corrected chi connectivity index (χ0v) is 5.99. The largest absolute Gasteiger partial charge is 0.481 e. The maximum absolute atomic E-state index is 10.5. The predicted octanol–water partition coefficient (Wildman–Crippen LogP) is 0.247. The highest BCUT2D eigenvalue weighted by molar-refractivity contribution is 5.70. The van der Waals surface area contributed by atoms with Crippen molar-refractivity contribution in [2.75, 3.05) is 13.2 Å². The molecule has 1 heterocycles. The van der Waals surface area contributed by atoms with Crippen LogP contribution in [0.1, 0.15) is 6.42 Å². The number of ether oxygens (including phenoxy) is 1. The average Bonchev–Trinajstić information content (AvgIpc) is 2.04. The first-order valence-electron chi connectivity index (χ1n) is 3.46. The highest BCUT2D eigenvalue weighted by Crippen LogP contribution is 2.20. The topological polar surface area (TPSA) is 70.3 Å². The van der Waals surface area contributed by atoms with E-state index in [0.29, 0.717) is 13.0 Å². The molecule has 1 fully saturated rings. The van der Waals surface area contributed by atoms with Gasteiger partial charge in [0.05, 0.1) is 24.5 Å². The Hall–Kier alpha value is -1.08. The molecule has 0 amide bonds. The minimum absolute atomic E-state index is 0.257. The molecule has 0 radical (unpaired) electrons. The highest BCUT2D eigenvalue weighted by Gasteiger charge is 2.31. The summed E-state index contributed by atoms with van der Waals surface area (Å²) in [4.78, 5) is 10.5. The molecule has 1 saturated heterocycles. The van der Waals surface area contributed by atoms with Gasteiger partial charge in [-0.05, 0) is 6.42 Å². The zero-order chi connectivity index (χ0) is 8.27. The van der Waals surface area contributed by atoms with Gasteiger partial charge in [0, 0.05) is 6.61 Å². The van der Waals surface area contributed by atoms with E-state index in [1.807, 2.05) is 6.07 Å². The number of nitrogens with zero attached hydrogens (tertiary/aromatic N) is 1. The van der Waals surface area contributed by atoms with E-state index in [9.17, 15) is 4.79 Å². The molecule has 1 N–H and O–H groups in total.